The van der Waals surface area contributed by atoms with E-state index >= 15 is 0 Å². The molecule has 2 aromatic heterocycles. The van der Waals surface area contributed by atoms with E-state index in [-0.39, 0.29) is 16.3 Å². The van der Waals surface area contributed by atoms with Crippen molar-refractivity contribution < 1.29 is 8.50 Å². The fourth-order valence-corrected chi connectivity index (χ4v) is 4.04. The van der Waals surface area contributed by atoms with Crippen LogP contribution >= 0.6 is 11.6 Å². The van der Waals surface area contributed by atoms with Crippen LogP contribution in [0.3, 0.4) is 0 Å². The highest BCUT2D eigenvalue weighted by Gasteiger charge is 2.32. The van der Waals surface area contributed by atoms with Gasteiger partial charge in [0.25, 0.3) is 0 Å². The molecular formula is C26H28ClFN8. The molecule has 1 atom stereocenters. The number of aromatic nitrogens is 2. The summed E-state index contributed by atoms with van der Waals surface area (Å²) in [5.74, 6) is -0.667. The van der Waals surface area contributed by atoms with Crippen molar-refractivity contribution in [2.75, 3.05) is 17.1 Å². The van der Waals surface area contributed by atoms with Gasteiger partial charge in [-0.1, -0.05) is 38.4 Å². The molecule has 1 fully saturated rings. The number of nitriles is 1. The molecule has 0 spiro atoms. The molecule has 186 valence electrons. The van der Waals surface area contributed by atoms with E-state index in [1.807, 2.05) is 5.01 Å². The maximum Gasteiger partial charge on any atom is 0.212 e. The number of fused-ring (bicyclic) bond motifs is 1. The summed E-state index contributed by atoms with van der Waals surface area (Å²) >= 11 is 6.64. The molecule has 8 nitrogen and oxygen atoms in total. The van der Waals surface area contributed by atoms with Crippen LogP contribution in [0.4, 0.5) is 15.8 Å². The third-order valence-corrected chi connectivity index (χ3v) is 5.98. The Morgan fingerprint density at radius 1 is 1.33 bits per heavy atom. The number of hydrogen-bond donors (Lipinski definition) is 4. The molecule has 1 saturated carbocycles. The Kier molecular flexibility index (Phi) is 5.40. The largest absolute Gasteiger partial charge is 0.383 e. The lowest BCUT2D eigenvalue weighted by Crippen LogP contribution is -2.38. The van der Waals surface area contributed by atoms with Crippen molar-refractivity contribution in [1.82, 2.24) is 25.9 Å². The van der Waals surface area contributed by atoms with E-state index in [1.165, 1.54) is 24.5 Å². The minimum Gasteiger partial charge on any atom is -0.383 e. The molecule has 4 N–H and O–H groups in total. The highest BCUT2D eigenvalue weighted by atomic mass is 35.5. The van der Waals surface area contributed by atoms with Crippen LogP contribution in [0.2, 0.25) is 5.02 Å². The summed E-state index contributed by atoms with van der Waals surface area (Å²) in [6.07, 6.45) is 6.50. The SMILES string of the molecule is [2H]C(Nc1cc(Cl)c2ncc(C#N)c(NC([2H])([2H])C(C)(C)C)c2c1)(C1=CN(C2CC2)NN1)c1ccc(F)nc1. The third kappa shape index (κ3) is 5.15. The monoisotopic (exact) mass is 509 g/mol. The van der Waals surface area contributed by atoms with Crippen LogP contribution < -0.4 is 21.6 Å². The summed E-state index contributed by atoms with van der Waals surface area (Å²) in [7, 11) is 0. The lowest BCUT2D eigenvalue weighted by molar-refractivity contribution is 0.260. The Labute approximate surface area is 218 Å². The minimum absolute atomic E-state index is 0.146. The first-order valence-corrected chi connectivity index (χ1v) is 11.9. The van der Waals surface area contributed by atoms with Gasteiger partial charge in [-0.3, -0.25) is 9.99 Å². The molecule has 3 aromatic rings. The summed E-state index contributed by atoms with van der Waals surface area (Å²) in [4.78, 5) is 8.09. The van der Waals surface area contributed by atoms with Gasteiger partial charge in [0, 0.05) is 44.9 Å². The van der Waals surface area contributed by atoms with Crippen molar-refractivity contribution in [3.05, 3.63) is 70.7 Å². The summed E-state index contributed by atoms with van der Waals surface area (Å²) in [5.41, 5.74) is 7.27. The highest BCUT2D eigenvalue weighted by molar-refractivity contribution is 6.35. The first kappa shape index (κ1) is 20.6. The average Bonchev–Trinajstić information content (AvgIpc) is 3.59. The van der Waals surface area contributed by atoms with Crippen molar-refractivity contribution in [3.8, 4) is 6.07 Å². The van der Waals surface area contributed by atoms with E-state index in [0.29, 0.717) is 33.9 Å². The van der Waals surface area contributed by atoms with Gasteiger partial charge in [-0.05, 0) is 42.0 Å². The van der Waals surface area contributed by atoms with Crippen LogP contribution in [0.25, 0.3) is 10.9 Å². The van der Waals surface area contributed by atoms with Gasteiger partial charge in [0.1, 0.15) is 6.07 Å². The topological polar surface area (TPSA) is 101 Å². The van der Waals surface area contributed by atoms with Gasteiger partial charge in [-0.15, -0.1) is 5.53 Å². The lowest BCUT2D eigenvalue weighted by atomic mass is 9.96. The van der Waals surface area contributed by atoms with Gasteiger partial charge >= 0.3 is 0 Å². The molecule has 0 bridgehead atoms. The number of pyridine rings is 2. The molecule has 1 aromatic carbocycles. The van der Waals surface area contributed by atoms with E-state index in [1.54, 1.807) is 39.1 Å². The number of halogens is 2. The van der Waals surface area contributed by atoms with Crippen molar-refractivity contribution in [2.24, 2.45) is 5.41 Å². The highest BCUT2D eigenvalue weighted by Crippen LogP contribution is 2.36. The quantitative estimate of drug-likeness (QED) is 0.321. The molecule has 0 amide bonds. The molecule has 2 aliphatic rings. The predicted octanol–water partition coefficient (Wildman–Crippen LogP) is 5.23. The lowest BCUT2D eigenvalue weighted by Gasteiger charge is -2.23. The maximum absolute atomic E-state index is 13.7. The Bertz CT molecular complexity index is 1500. The van der Waals surface area contributed by atoms with E-state index in [9.17, 15) is 11.0 Å². The van der Waals surface area contributed by atoms with Gasteiger partial charge in [0.05, 0.1) is 34.9 Å². The molecular weight excluding hydrogens is 479 g/mol. The van der Waals surface area contributed by atoms with Crippen LogP contribution in [0.5, 0.6) is 0 Å². The van der Waals surface area contributed by atoms with Crippen molar-refractivity contribution in [2.45, 2.75) is 45.7 Å². The van der Waals surface area contributed by atoms with Crippen LogP contribution in [-0.2, 0) is 0 Å². The van der Waals surface area contributed by atoms with Gasteiger partial charge < -0.3 is 16.1 Å². The predicted molar refractivity (Wildman–Crippen MR) is 139 cm³/mol. The molecule has 1 aliphatic heterocycles. The van der Waals surface area contributed by atoms with E-state index in [0.717, 1.165) is 12.8 Å². The van der Waals surface area contributed by atoms with E-state index < -0.39 is 23.9 Å². The summed E-state index contributed by atoms with van der Waals surface area (Å²) < 4.78 is 40.4. The zero-order valence-corrected chi connectivity index (χ0v) is 20.8. The van der Waals surface area contributed by atoms with Gasteiger partial charge in [-0.25, -0.2) is 4.98 Å². The van der Waals surface area contributed by atoms with Crippen molar-refractivity contribution >= 4 is 33.9 Å². The standard InChI is InChI=1S/C26H28ClFN8/c1-26(2,3)14-32-23-16(10-29)12-31-25-19(23)8-17(9-20(25)27)33-24(15-4-7-22(28)30-11-15)21-13-36(35-34-21)18-5-6-18/h4,7-9,11-13,18,24,33-35H,5-6,14H2,1-3H3,(H,31,32)/i14D2,24D. The smallest absolute Gasteiger partial charge is 0.212 e. The number of nitrogens with one attached hydrogen (secondary N) is 4. The first-order valence-electron chi connectivity index (χ1n) is 13.1. The zero-order valence-electron chi connectivity index (χ0n) is 23.1. The van der Waals surface area contributed by atoms with Gasteiger partial charge in [0.15, 0.2) is 0 Å². The molecule has 0 saturated heterocycles. The molecule has 0 radical (unpaired) electrons. The number of benzene rings is 1. The summed E-state index contributed by atoms with van der Waals surface area (Å²) in [5, 5.41) is 18.4. The minimum atomic E-state index is -1.89. The van der Waals surface area contributed by atoms with Crippen LogP contribution in [0.1, 0.15) is 54.9 Å². The Hall–Kier alpha value is -3.61. The number of hydrazine groups is 2. The molecule has 10 heteroatoms. The van der Waals surface area contributed by atoms with Crippen molar-refractivity contribution in [3.63, 3.8) is 0 Å². The second-order valence-corrected chi connectivity index (χ2v) is 10.2. The second kappa shape index (κ2) is 9.45. The average molecular weight is 510 g/mol. The Morgan fingerprint density at radius 3 is 2.81 bits per heavy atom. The Balaban J connectivity index is 1.63. The van der Waals surface area contributed by atoms with E-state index in [4.69, 9.17) is 14.3 Å². The van der Waals surface area contributed by atoms with Crippen LogP contribution in [0, 0.1) is 22.7 Å². The Morgan fingerprint density at radius 2 is 2.14 bits per heavy atom. The molecule has 3 heterocycles. The zero-order chi connectivity index (χ0) is 28.2. The van der Waals surface area contributed by atoms with Crippen LogP contribution in [0.15, 0.2) is 48.6 Å². The van der Waals surface area contributed by atoms with Gasteiger partial charge in [-0.2, -0.15) is 9.65 Å². The molecule has 1 aliphatic carbocycles. The molecule has 36 heavy (non-hydrogen) atoms. The number of nitrogens with zero attached hydrogens (tertiary/aromatic N) is 4. The number of hydrogen-bond acceptors (Lipinski definition) is 8. The summed E-state index contributed by atoms with van der Waals surface area (Å²) in [6, 6.07) is 6.69. The van der Waals surface area contributed by atoms with Crippen LogP contribution in [-0.4, -0.2) is 27.5 Å². The fourth-order valence-electron chi connectivity index (χ4n) is 3.77. The molecule has 1 unspecified atom stereocenters. The van der Waals surface area contributed by atoms with E-state index in [2.05, 4.69) is 37.6 Å². The normalized spacial score (nSPS) is 18.8. The maximum atomic E-state index is 13.7. The first-order chi connectivity index (χ1) is 18.3. The van der Waals surface area contributed by atoms with Crippen molar-refractivity contribution in [1.29, 1.82) is 5.26 Å². The molecule has 5 rings (SSSR count). The number of anilines is 2. The fraction of sp³-hybridized carbons (Fsp3) is 0.346. The second-order valence-electron chi connectivity index (χ2n) is 9.80. The number of rotatable bonds is 7. The third-order valence-electron chi connectivity index (χ3n) is 5.69. The summed E-state index contributed by atoms with van der Waals surface area (Å²) in [6.45, 7) is 3.36. The van der Waals surface area contributed by atoms with Gasteiger partial charge in [0.2, 0.25) is 5.95 Å².